The van der Waals surface area contributed by atoms with Gasteiger partial charge in [-0.05, 0) is 43.7 Å². The fraction of sp³-hybridized carbons (Fsp3) is 0.263. The van der Waals surface area contributed by atoms with Gasteiger partial charge in [-0.25, -0.2) is 0 Å². The maximum absolute atomic E-state index is 12.1. The van der Waals surface area contributed by atoms with Crippen LogP contribution in [0.25, 0.3) is 0 Å². The van der Waals surface area contributed by atoms with Crippen molar-refractivity contribution in [1.29, 1.82) is 0 Å². The number of hydrogen-bond acceptors (Lipinski definition) is 5. The van der Waals surface area contributed by atoms with Crippen LogP contribution in [-0.2, 0) is 4.79 Å². The van der Waals surface area contributed by atoms with E-state index < -0.39 is 11.8 Å². The summed E-state index contributed by atoms with van der Waals surface area (Å²) in [5, 5.41) is 0. The van der Waals surface area contributed by atoms with E-state index in [1.165, 1.54) is 20.3 Å². The molecule has 0 heterocycles. The molecule has 0 unspecified atom stereocenters. The number of nitrogens with one attached hydrogen (secondary N) is 2. The molecular formula is C19H22N2O5. The summed E-state index contributed by atoms with van der Waals surface area (Å²) in [4.78, 5) is 24.0. The van der Waals surface area contributed by atoms with Crippen molar-refractivity contribution < 1.29 is 23.8 Å². The molecule has 0 aliphatic rings. The molecule has 0 aliphatic carbocycles. The molecule has 0 aliphatic heterocycles. The summed E-state index contributed by atoms with van der Waals surface area (Å²) in [6, 6.07) is 10.4. The fourth-order valence-electron chi connectivity index (χ4n) is 2.32. The van der Waals surface area contributed by atoms with Gasteiger partial charge in [0, 0.05) is 5.56 Å². The summed E-state index contributed by atoms with van der Waals surface area (Å²) in [7, 11) is 2.99. The lowest BCUT2D eigenvalue weighted by atomic mass is 10.1. The highest BCUT2D eigenvalue weighted by Crippen LogP contribution is 2.27. The van der Waals surface area contributed by atoms with Crippen molar-refractivity contribution in [3.63, 3.8) is 0 Å². The molecule has 0 radical (unpaired) electrons. The topological polar surface area (TPSA) is 85.9 Å². The Kier molecular flexibility index (Phi) is 6.43. The number of carbonyl (C=O) groups is 2. The van der Waals surface area contributed by atoms with Gasteiger partial charge in [0.25, 0.3) is 11.8 Å². The van der Waals surface area contributed by atoms with Crippen LogP contribution in [0.15, 0.2) is 36.4 Å². The third kappa shape index (κ3) is 4.89. The van der Waals surface area contributed by atoms with Crippen LogP contribution in [-0.4, -0.2) is 32.6 Å². The molecule has 2 amide bonds. The zero-order valence-corrected chi connectivity index (χ0v) is 15.2. The number of hydrazine groups is 1. The number of ether oxygens (including phenoxy) is 3. The minimum Gasteiger partial charge on any atom is -0.493 e. The van der Waals surface area contributed by atoms with Gasteiger partial charge in [0.15, 0.2) is 18.1 Å². The van der Waals surface area contributed by atoms with Gasteiger partial charge in [-0.2, -0.15) is 0 Å². The summed E-state index contributed by atoms with van der Waals surface area (Å²) < 4.78 is 15.7. The molecule has 0 saturated carbocycles. The molecule has 0 spiro atoms. The summed E-state index contributed by atoms with van der Waals surface area (Å²) in [5.74, 6) is 0.598. The van der Waals surface area contributed by atoms with Crippen molar-refractivity contribution in [1.82, 2.24) is 10.9 Å². The summed E-state index contributed by atoms with van der Waals surface area (Å²) in [6.45, 7) is 3.67. The van der Waals surface area contributed by atoms with Crippen LogP contribution in [0.2, 0.25) is 0 Å². The predicted octanol–water partition coefficient (Wildman–Crippen LogP) is 2.16. The molecule has 0 bridgehead atoms. The SMILES string of the molecule is COc1ccc(C(=O)NNC(=O)COc2ccc(C)cc2C)cc1OC. The van der Waals surface area contributed by atoms with Gasteiger partial charge in [0.05, 0.1) is 14.2 Å². The van der Waals surface area contributed by atoms with Crippen LogP contribution in [0.5, 0.6) is 17.2 Å². The third-order valence-electron chi connectivity index (χ3n) is 3.65. The minimum absolute atomic E-state index is 0.212. The van der Waals surface area contributed by atoms with Crippen LogP contribution in [0.1, 0.15) is 21.5 Å². The van der Waals surface area contributed by atoms with Crippen molar-refractivity contribution in [3.8, 4) is 17.2 Å². The molecule has 0 saturated heterocycles. The zero-order valence-electron chi connectivity index (χ0n) is 15.2. The quantitative estimate of drug-likeness (QED) is 0.773. The Morgan fingerprint density at radius 2 is 1.58 bits per heavy atom. The molecule has 2 N–H and O–H groups in total. The Labute approximate surface area is 152 Å². The molecule has 0 fully saturated rings. The normalized spacial score (nSPS) is 10.0. The smallest absolute Gasteiger partial charge is 0.276 e. The van der Waals surface area contributed by atoms with E-state index in [2.05, 4.69) is 10.9 Å². The van der Waals surface area contributed by atoms with E-state index in [-0.39, 0.29) is 6.61 Å². The predicted molar refractivity (Wildman–Crippen MR) is 96.6 cm³/mol. The summed E-state index contributed by atoms with van der Waals surface area (Å²) in [6.07, 6.45) is 0. The van der Waals surface area contributed by atoms with Crippen LogP contribution >= 0.6 is 0 Å². The second-order valence-corrected chi connectivity index (χ2v) is 5.63. The number of rotatable bonds is 6. The molecule has 2 aromatic carbocycles. The van der Waals surface area contributed by atoms with E-state index in [9.17, 15) is 9.59 Å². The summed E-state index contributed by atoms with van der Waals surface area (Å²) in [5.41, 5.74) is 7.01. The van der Waals surface area contributed by atoms with E-state index >= 15 is 0 Å². The highest BCUT2D eigenvalue weighted by molar-refractivity contribution is 5.96. The molecule has 7 nitrogen and oxygen atoms in total. The maximum atomic E-state index is 12.1. The number of benzene rings is 2. The molecule has 0 aromatic heterocycles. The Balaban J connectivity index is 1.87. The van der Waals surface area contributed by atoms with Crippen molar-refractivity contribution >= 4 is 11.8 Å². The summed E-state index contributed by atoms with van der Waals surface area (Å²) >= 11 is 0. The average molecular weight is 358 g/mol. The van der Waals surface area contributed by atoms with Gasteiger partial charge in [-0.1, -0.05) is 17.7 Å². The van der Waals surface area contributed by atoms with Gasteiger partial charge in [0.2, 0.25) is 0 Å². The Hall–Kier alpha value is -3.22. The Morgan fingerprint density at radius 3 is 2.23 bits per heavy atom. The Bertz CT molecular complexity index is 805. The second kappa shape index (κ2) is 8.75. The van der Waals surface area contributed by atoms with Crippen molar-refractivity contribution in [2.75, 3.05) is 20.8 Å². The molecular weight excluding hydrogens is 336 g/mol. The Morgan fingerprint density at radius 1 is 0.885 bits per heavy atom. The first kappa shape index (κ1) is 19.1. The second-order valence-electron chi connectivity index (χ2n) is 5.63. The van der Waals surface area contributed by atoms with E-state index in [0.717, 1.165) is 11.1 Å². The van der Waals surface area contributed by atoms with Gasteiger partial charge in [-0.3, -0.25) is 20.4 Å². The first-order valence-electron chi connectivity index (χ1n) is 7.96. The van der Waals surface area contributed by atoms with Crippen molar-refractivity contribution in [3.05, 3.63) is 53.1 Å². The molecule has 26 heavy (non-hydrogen) atoms. The molecule has 138 valence electrons. The lowest BCUT2D eigenvalue weighted by Crippen LogP contribution is -2.43. The van der Waals surface area contributed by atoms with Crippen LogP contribution < -0.4 is 25.1 Å². The van der Waals surface area contributed by atoms with E-state index in [4.69, 9.17) is 14.2 Å². The third-order valence-corrected chi connectivity index (χ3v) is 3.65. The number of methoxy groups -OCH3 is 2. The monoisotopic (exact) mass is 358 g/mol. The highest BCUT2D eigenvalue weighted by atomic mass is 16.5. The molecule has 2 rings (SSSR count). The first-order chi connectivity index (χ1) is 12.4. The van der Waals surface area contributed by atoms with E-state index in [1.807, 2.05) is 26.0 Å². The number of hydrogen-bond donors (Lipinski definition) is 2. The fourth-order valence-corrected chi connectivity index (χ4v) is 2.32. The lowest BCUT2D eigenvalue weighted by molar-refractivity contribution is -0.123. The van der Waals surface area contributed by atoms with E-state index in [1.54, 1.807) is 18.2 Å². The van der Waals surface area contributed by atoms with Crippen LogP contribution in [0, 0.1) is 13.8 Å². The van der Waals surface area contributed by atoms with Crippen LogP contribution in [0.3, 0.4) is 0 Å². The largest absolute Gasteiger partial charge is 0.493 e. The molecule has 2 aromatic rings. The average Bonchev–Trinajstić information content (AvgIpc) is 2.64. The van der Waals surface area contributed by atoms with Crippen molar-refractivity contribution in [2.45, 2.75) is 13.8 Å². The lowest BCUT2D eigenvalue weighted by Gasteiger charge is -2.12. The maximum Gasteiger partial charge on any atom is 0.276 e. The molecule has 0 atom stereocenters. The standard InChI is InChI=1S/C19H22N2O5/c1-12-5-7-15(13(2)9-12)26-11-18(22)20-21-19(23)14-6-8-16(24-3)17(10-14)25-4/h5-10H,11H2,1-4H3,(H,20,22)(H,21,23). The first-order valence-corrected chi connectivity index (χ1v) is 7.96. The number of amides is 2. The number of aryl methyl sites for hydroxylation is 2. The van der Waals surface area contributed by atoms with Gasteiger partial charge in [-0.15, -0.1) is 0 Å². The van der Waals surface area contributed by atoms with E-state index in [0.29, 0.717) is 22.8 Å². The zero-order chi connectivity index (χ0) is 19.1. The number of carbonyl (C=O) groups excluding carboxylic acids is 2. The van der Waals surface area contributed by atoms with Gasteiger partial charge >= 0.3 is 0 Å². The van der Waals surface area contributed by atoms with Gasteiger partial charge < -0.3 is 14.2 Å². The highest BCUT2D eigenvalue weighted by Gasteiger charge is 2.12. The minimum atomic E-state index is -0.481. The molecule has 7 heteroatoms. The van der Waals surface area contributed by atoms with Crippen molar-refractivity contribution in [2.24, 2.45) is 0 Å². The van der Waals surface area contributed by atoms with Crippen LogP contribution in [0.4, 0.5) is 0 Å². The van der Waals surface area contributed by atoms with Gasteiger partial charge in [0.1, 0.15) is 5.75 Å².